The Hall–Kier alpha value is -1.64. The average Bonchev–Trinajstić information content (AvgIpc) is 2.98. The highest BCUT2D eigenvalue weighted by Crippen LogP contribution is 2.32. The molecule has 0 saturated carbocycles. The van der Waals surface area contributed by atoms with E-state index in [1.807, 2.05) is 61.0 Å². The third-order valence-electron chi connectivity index (χ3n) is 3.65. The fourth-order valence-electron chi connectivity index (χ4n) is 2.40. The lowest BCUT2D eigenvalue weighted by molar-refractivity contribution is -0.113. The maximum Gasteiger partial charge on any atom is 0.234 e. The van der Waals surface area contributed by atoms with Crippen molar-refractivity contribution in [3.8, 4) is 11.4 Å². The van der Waals surface area contributed by atoms with Gasteiger partial charge in [0.25, 0.3) is 0 Å². The van der Waals surface area contributed by atoms with E-state index in [9.17, 15) is 4.79 Å². The molecular weight excluding hydrogens is 480 g/mol. The first kappa shape index (κ1) is 19.1. The first-order valence-electron chi connectivity index (χ1n) is 7.79. The van der Waals surface area contributed by atoms with Crippen LogP contribution in [0.15, 0.2) is 56.6 Å². The minimum atomic E-state index is -0.107. The molecule has 134 valence electrons. The van der Waals surface area contributed by atoms with Gasteiger partial charge in [0.2, 0.25) is 5.91 Å². The van der Waals surface area contributed by atoms with Crippen molar-refractivity contribution in [3.05, 3.63) is 57.0 Å². The number of nitrogens with one attached hydrogen (secondary N) is 1. The Labute approximate surface area is 172 Å². The highest BCUT2D eigenvalue weighted by molar-refractivity contribution is 9.11. The molecule has 0 bridgehead atoms. The smallest absolute Gasteiger partial charge is 0.234 e. The van der Waals surface area contributed by atoms with Gasteiger partial charge in [-0.1, -0.05) is 42.1 Å². The van der Waals surface area contributed by atoms with E-state index in [1.165, 1.54) is 11.8 Å². The summed E-state index contributed by atoms with van der Waals surface area (Å²) in [6.07, 6.45) is 0. The van der Waals surface area contributed by atoms with Crippen molar-refractivity contribution in [2.24, 2.45) is 7.05 Å². The van der Waals surface area contributed by atoms with E-state index in [0.717, 1.165) is 31.6 Å². The van der Waals surface area contributed by atoms with Crippen LogP contribution >= 0.6 is 43.6 Å². The van der Waals surface area contributed by atoms with Crippen LogP contribution in [0.1, 0.15) is 5.56 Å². The van der Waals surface area contributed by atoms with Gasteiger partial charge < -0.3 is 9.88 Å². The van der Waals surface area contributed by atoms with Gasteiger partial charge in [0.15, 0.2) is 11.0 Å². The molecule has 3 rings (SSSR count). The van der Waals surface area contributed by atoms with Gasteiger partial charge in [-0.15, -0.1) is 10.2 Å². The summed E-state index contributed by atoms with van der Waals surface area (Å²) >= 11 is 8.32. The van der Waals surface area contributed by atoms with E-state index in [4.69, 9.17) is 0 Å². The number of aromatic nitrogens is 3. The molecule has 0 unspecified atom stereocenters. The van der Waals surface area contributed by atoms with Crippen LogP contribution in [0.2, 0.25) is 0 Å². The molecule has 0 radical (unpaired) electrons. The highest BCUT2D eigenvalue weighted by atomic mass is 79.9. The number of nitrogens with zero attached hydrogens (tertiary/aromatic N) is 3. The van der Waals surface area contributed by atoms with E-state index in [2.05, 4.69) is 47.4 Å². The maximum absolute atomic E-state index is 12.3. The fourth-order valence-corrected chi connectivity index (χ4v) is 4.73. The Bertz CT molecular complexity index is 921. The molecule has 0 aliphatic carbocycles. The summed E-state index contributed by atoms with van der Waals surface area (Å²) in [5.41, 5.74) is 2.82. The van der Waals surface area contributed by atoms with Crippen LogP contribution in [0.3, 0.4) is 0 Å². The summed E-state index contributed by atoms with van der Waals surface area (Å²) in [7, 11) is 1.90. The van der Waals surface area contributed by atoms with Crippen molar-refractivity contribution < 1.29 is 4.79 Å². The number of hydrogen-bond acceptors (Lipinski definition) is 4. The summed E-state index contributed by atoms with van der Waals surface area (Å²) in [6, 6.07) is 13.8. The Morgan fingerprint density at radius 1 is 1.15 bits per heavy atom. The SMILES string of the molecule is Cc1cc(Br)c(NC(=O)CSc2nnc(-c3ccccc3)n2C)c(Br)c1. The van der Waals surface area contributed by atoms with Crippen LogP contribution in [0.4, 0.5) is 5.69 Å². The molecule has 2 aromatic carbocycles. The van der Waals surface area contributed by atoms with Crippen molar-refractivity contribution in [2.45, 2.75) is 12.1 Å². The molecule has 0 atom stereocenters. The van der Waals surface area contributed by atoms with Crippen LogP contribution in [0, 0.1) is 6.92 Å². The highest BCUT2D eigenvalue weighted by Gasteiger charge is 2.14. The Balaban J connectivity index is 1.67. The third-order valence-corrected chi connectivity index (χ3v) is 5.92. The molecular formula is C18H16Br2N4OS. The number of aryl methyl sites for hydroxylation is 1. The molecule has 5 nitrogen and oxygen atoms in total. The Morgan fingerprint density at radius 3 is 2.46 bits per heavy atom. The zero-order valence-electron chi connectivity index (χ0n) is 14.2. The molecule has 0 fully saturated rings. The van der Waals surface area contributed by atoms with Crippen molar-refractivity contribution in [3.63, 3.8) is 0 Å². The number of thioether (sulfide) groups is 1. The molecule has 1 heterocycles. The molecule has 0 spiro atoms. The van der Waals surface area contributed by atoms with E-state index in [0.29, 0.717) is 5.16 Å². The molecule has 1 amide bonds. The summed E-state index contributed by atoms with van der Waals surface area (Å²) in [4.78, 5) is 12.3. The maximum atomic E-state index is 12.3. The number of rotatable bonds is 5. The topological polar surface area (TPSA) is 59.8 Å². The normalized spacial score (nSPS) is 10.8. The predicted molar refractivity (Wildman–Crippen MR) is 112 cm³/mol. The van der Waals surface area contributed by atoms with Crippen molar-refractivity contribution in [2.75, 3.05) is 11.1 Å². The lowest BCUT2D eigenvalue weighted by Crippen LogP contribution is -2.15. The molecule has 0 aliphatic rings. The number of carbonyl (C=O) groups is 1. The third kappa shape index (κ3) is 4.36. The quantitative estimate of drug-likeness (QED) is 0.503. The van der Waals surface area contributed by atoms with E-state index >= 15 is 0 Å². The standard InChI is InChI=1S/C18H16Br2N4OS/c1-11-8-13(19)16(14(20)9-11)21-15(25)10-26-18-23-22-17(24(18)2)12-6-4-3-5-7-12/h3-9H,10H2,1-2H3,(H,21,25). The van der Waals surface area contributed by atoms with Crippen LogP contribution in [0.25, 0.3) is 11.4 Å². The van der Waals surface area contributed by atoms with Crippen LogP contribution < -0.4 is 5.32 Å². The van der Waals surface area contributed by atoms with Gasteiger partial charge in [-0.2, -0.15) is 0 Å². The number of benzene rings is 2. The van der Waals surface area contributed by atoms with E-state index < -0.39 is 0 Å². The molecule has 3 aromatic rings. The van der Waals surface area contributed by atoms with Gasteiger partial charge in [-0.25, -0.2) is 0 Å². The van der Waals surface area contributed by atoms with Crippen molar-refractivity contribution >= 4 is 55.2 Å². The minimum absolute atomic E-state index is 0.107. The molecule has 8 heteroatoms. The lowest BCUT2D eigenvalue weighted by Gasteiger charge is -2.10. The first-order chi connectivity index (χ1) is 12.5. The summed E-state index contributed by atoms with van der Waals surface area (Å²) in [6.45, 7) is 2.00. The molecule has 1 N–H and O–H groups in total. The average molecular weight is 496 g/mol. The zero-order chi connectivity index (χ0) is 18.7. The van der Waals surface area contributed by atoms with Gasteiger partial charge in [0.1, 0.15) is 0 Å². The largest absolute Gasteiger partial charge is 0.323 e. The van der Waals surface area contributed by atoms with Gasteiger partial charge in [-0.3, -0.25) is 4.79 Å². The van der Waals surface area contributed by atoms with Gasteiger partial charge in [0, 0.05) is 21.6 Å². The fraction of sp³-hybridized carbons (Fsp3) is 0.167. The van der Waals surface area contributed by atoms with Gasteiger partial charge >= 0.3 is 0 Å². The van der Waals surface area contributed by atoms with E-state index in [1.54, 1.807) is 0 Å². The van der Waals surface area contributed by atoms with Gasteiger partial charge in [-0.05, 0) is 56.5 Å². The van der Waals surface area contributed by atoms with Crippen LogP contribution in [-0.4, -0.2) is 26.4 Å². The predicted octanol–water partition coefficient (Wildman–Crippen LogP) is 5.05. The summed E-state index contributed by atoms with van der Waals surface area (Å²) < 4.78 is 3.57. The van der Waals surface area contributed by atoms with Crippen LogP contribution in [0.5, 0.6) is 0 Å². The van der Waals surface area contributed by atoms with E-state index in [-0.39, 0.29) is 11.7 Å². The van der Waals surface area contributed by atoms with Crippen LogP contribution in [-0.2, 0) is 11.8 Å². The molecule has 26 heavy (non-hydrogen) atoms. The Kier molecular flexibility index (Phi) is 6.16. The minimum Gasteiger partial charge on any atom is -0.323 e. The van der Waals surface area contributed by atoms with Gasteiger partial charge in [0.05, 0.1) is 11.4 Å². The second-order valence-corrected chi connectivity index (χ2v) is 8.32. The second kappa shape index (κ2) is 8.37. The number of amides is 1. The first-order valence-corrected chi connectivity index (χ1v) is 10.4. The molecule has 1 aromatic heterocycles. The number of hydrogen-bond donors (Lipinski definition) is 1. The monoisotopic (exact) mass is 494 g/mol. The molecule has 0 aliphatic heterocycles. The Morgan fingerprint density at radius 2 is 1.81 bits per heavy atom. The number of halogens is 2. The van der Waals surface area contributed by atoms with Crippen molar-refractivity contribution in [1.82, 2.24) is 14.8 Å². The number of anilines is 1. The molecule has 0 saturated heterocycles. The lowest BCUT2D eigenvalue weighted by atomic mass is 10.2. The number of carbonyl (C=O) groups excluding carboxylic acids is 1. The van der Waals surface area contributed by atoms with Crippen molar-refractivity contribution in [1.29, 1.82) is 0 Å². The summed E-state index contributed by atoms with van der Waals surface area (Å²) in [5.74, 6) is 0.912. The summed E-state index contributed by atoms with van der Waals surface area (Å²) in [5, 5.41) is 12.0. The second-order valence-electron chi connectivity index (χ2n) is 5.67. The zero-order valence-corrected chi connectivity index (χ0v) is 18.2.